The Morgan fingerprint density at radius 1 is 1.45 bits per heavy atom. The molecular weight excluding hydrogens is 272 g/mol. The SMILES string of the molecule is CCc1cnc(SCC(=O)O)n1CCC1CCCCC1. The van der Waals surface area contributed by atoms with E-state index >= 15 is 0 Å². The molecule has 0 aromatic carbocycles. The van der Waals surface area contributed by atoms with Gasteiger partial charge in [-0.25, -0.2) is 4.98 Å². The van der Waals surface area contributed by atoms with Gasteiger partial charge in [0.05, 0.1) is 5.75 Å². The van der Waals surface area contributed by atoms with Crippen LogP contribution in [0, 0.1) is 5.92 Å². The second-order valence-corrected chi connectivity index (χ2v) is 6.45. The summed E-state index contributed by atoms with van der Waals surface area (Å²) in [6, 6.07) is 0. The summed E-state index contributed by atoms with van der Waals surface area (Å²) in [7, 11) is 0. The molecule has 0 atom stereocenters. The Kier molecular flexibility index (Phi) is 5.95. The number of carbonyl (C=O) groups is 1. The third kappa shape index (κ3) is 4.27. The van der Waals surface area contributed by atoms with E-state index in [4.69, 9.17) is 5.11 Å². The molecule has 0 unspecified atom stereocenters. The molecule has 2 rings (SSSR count). The first kappa shape index (κ1) is 15.4. The summed E-state index contributed by atoms with van der Waals surface area (Å²) in [6.07, 6.45) is 10.9. The van der Waals surface area contributed by atoms with E-state index in [1.165, 1.54) is 56.0 Å². The molecule has 0 aliphatic heterocycles. The molecule has 1 aliphatic carbocycles. The van der Waals surface area contributed by atoms with Crippen molar-refractivity contribution in [2.24, 2.45) is 5.92 Å². The number of aliphatic carboxylic acids is 1. The van der Waals surface area contributed by atoms with Gasteiger partial charge in [0.25, 0.3) is 0 Å². The Hall–Kier alpha value is -0.970. The number of nitrogens with zero attached hydrogens (tertiary/aromatic N) is 2. The van der Waals surface area contributed by atoms with Crippen molar-refractivity contribution < 1.29 is 9.90 Å². The molecule has 0 amide bonds. The first-order valence-corrected chi connectivity index (χ1v) is 8.58. The fourth-order valence-electron chi connectivity index (χ4n) is 2.94. The summed E-state index contributed by atoms with van der Waals surface area (Å²) in [4.78, 5) is 15.1. The van der Waals surface area contributed by atoms with E-state index in [0.717, 1.165) is 24.0 Å². The molecule has 0 bridgehead atoms. The fourth-order valence-corrected chi connectivity index (χ4v) is 3.69. The molecule has 4 nitrogen and oxygen atoms in total. The molecule has 0 spiro atoms. The topological polar surface area (TPSA) is 55.1 Å². The van der Waals surface area contributed by atoms with Crippen LogP contribution < -0.4 is 0 Å². The molecule has 112 valence electrons. The Bertz CT molecular complexity index is 439. The van der Waals surface area contributed by atoms with Crippen LogP contribution in [-0.2, 0) is 17.8 Å². The van der Waals surface area contributed by atoms with Crippen LogP contribution in [0.4, 0.5) is 0 Å². The highest BCUT2D eigenvalue weighted by molar-refractivity contribution is 7.99. The van der Waals surface area contributed by atoms with E-state index < -0.39 is 5.97 Å². The van der Waals surface area contributed by atoms with E-state index in [1.807, 2.05) is 6.20 Å². The number of hydrogen-bond donors (Lipinski definition) is 1. The number of hydrogen-bond acceptors (Lipinski definition) is 3. The molecule has 1 aromatic heterocycles. The zero-order valence-corrected chi connectivity index (χ0v) is 13.0. The van der Waals surface area contributed by atoms with Gasteiger partial charge in [0.1, 0.15) is 0 Å². The van der Waals surface area contributed by atoms with Gasteiger partial charge >= 0.3 is 5.97 Å². The molecule has 1 N–H and O–H groups in total. The van der Waals surface area contributed by atoms with Crippen molar-refractivity contribution in [1.82, 2.24) is 9.55 Å². The lowest BCUT2D eigenvalue weighted by atomic mass is 9.87. The Morgan fingerprint density at radius 3 is 2.85 bits per heavy atom. The van der Waals surface area contributed by atoms with Crippen molar-refractivity contribution >= 4 is 17.7 Å². The predicted molar refractivity (Wildman–Crippen MR) is 81.2 cm³/mol. The van der Waals surface area contributed by atoms with E-state index in [0.29, 0.717) is 0 Å². The second kappa shape index (κ2) is 7.72. The molecule has 1 aliphatic rings. The van der Waals surface area contributed by atoms with Gasteiger partial charge in [-0.15, -0.1) is 0 Å². The third-order valence-electron chi connectivity index (χ3n) is 4.07. The van der Waals surface area contributed by atoms with Crippen LogP contribution in [0.15, 0.2) is 11.4 Å². The van der Waals surface area contributed by atoms with E-state index in [-0.39, 0.29) is 5.75 Å². The third-order valence-corrected chi connectivity index (χ3v) is 5.05. The van der Waals surface area contributed by atoms with Gasteiger partial charge in [0, 0.05) is 18.4 Å². The number of thioether (sulfide) groups is 1. The van der Waals surface area contributed by atoms with Gasteiger partial charge in [0.2, 0.25) is 0 Å². The largest absolute Gasteiger partial charge is 0.481 e. The van der Waals surface area contributed by atoms with Gasteiger partial charge in [-0.3, -0.25) is 4.79 Å². The molecule has 20 heavy (non-hydrogen) atoms. The number of aromatic nitrogens is 2. The minimum atomic E-state index is -0.783. The number of carboxylic acid groups (broad SMARTS) is 1. The van der Waals surface area contributed by atoms with Crippen LogP contribution in [-0.4, -0.2) is 26.4 Å². The maximum absolute atomic E-state index is 10.7. The summed E-state index contributed by atoms with van der Waals surface area (Å²) in [6.45, 7) is 3.11. The standard InChI is InChI=1S/C15H24N2O2S/c1-2-13-10-16-15(20-11-14(18)19)17(13)9-8-12-6-4-3-5-7-12/h10,12H,2-9,11H2,1H3,(H,18,19). The zero-order chi connectivity index (χ0) is 14.4. The highest BCUT2D eigenvalue weighted by Gasteiger charge is 2.16. The van der Waals surface area contributed by atoms with E-state index in [1.54, 1.807) is 0 Å². The molecule has 0 saturated heterocycles. The summed E-state index contributed by atoms with van der Waals surface area (Å²) >= 11 is 1.33. The van der Waals surface area contributed by atoms with Gasteiger partial charge in [-0.05, 0) is 18.8 Å². The van der Waals surface area contributed by atoms with Crippen molar-refractivity contribution in [3.63, 3.8) is 0 Å². The first-order chi connectivity index (χ1) is 9.70. The lowest BCUT2D eigenvalue weighted by Gasteiger charge is -2.22. The molecule has 1 aromatic rings. The van der Waals surface area contributed by atoms with E-state index in [2.05, 4.69) is 16.5 Å². The van der Waals surface area contributed by atoms with Crippen LogP contribution >= 0.6 is 11.8 Å². The highest BCUT2D eigenvalue weighted by Crippen LogP contribution is 2.28. The number of imidazole rings is 1. The van der Waals surface area contributed by atoms with Crippen molar-refractivity contribution in [3.05, 3.63) is 11.9 Å². The predicted octanol–water partition coefficient (Wildman–Crippen LogP) is 3.59. The smallest absolute Gasteiger partial charge is 0.313 e. The van der Waals surface area contributed by atoms with Crippen LogP contribution in [0.5, 0.6) is 0 Å². The van der Waals surface area contributed by atoms with Crippen LogP contribution in [0.3, 0.4) is 0 Å². The lowest BCUT2D eigenvalue weighted by molar-refractivity contribution is -0.133. The van der Waals surface area contributed by atoms with Gasteiger partial charge < -0.3 is 9.67 Å². The molecule has 1 heterocycles. The average Bonchev–Trinajstić information content (AvgIpc) is 2.86. The average molecular weight is 296 g/mol. The quantitative estimate of drug-likeness (QED) is 0.781. The molecular formula is C15H24N2O2S. The molecule has 1 fully saturated rings. The minimum Gasteiger partial charge on any atom is -0.481 e. The maximum atomic E-state index is 10.7. The number of rotatable bonds is 7. The van der Waals surface area contributed by atoms with E-state index in [9.17, 15) is 4.79 Å². The van der Waals surface area contributed by atoms with Crippen molar-refractivity contribution in [2.75, 3.05) is 5.75 Å². The number of carboxylic acids is 1. The van der Waals surface area contributed by atoms with Crippen molar-refractivity contribution in [1.29, 1.82) is 0 Å². The van der Waals surface area contributed by atoms with Crippen LogP contribution in [0.1, 0.15) is 51.1 Å². The Balaban J connectivity index is 1.96. The van der Waals surface area contributed by atoms with Gasteiger partial charge in [0.15, 0.2) is 5.16 Å². The monoisotopic (exact) mass is 296 g/mol. The molecule has 5 heteroatoms. The normalized spacial score (nSPS) is 16.4. The summed E-state index contributed by atoms with van der Waals surface area (Å²) < 4.78 is 2.22. The van der Waals surface area contributed by atoms with Crippen molar-refractivity contribution in [2.45, 2.75) is 63.6 Å². The summed E-state index contributed by atoms with van der Waals surface area (Å²) in [5.74, 6) is 0.145. The first-order valence-electron chi connectivity index (χ1n) is 7.59. The van der Waals surface area contributed by atoms with Crippen LogP contribution in [0.2, 0.25) is 0 Å². The van der Waals surface area contributed by atoms with Crippen LogP contribution in [0.25, 0.3) is 0 Å². The Labute approximate surface area is 125 Å². The Morgan fingerprint density at radius 2 is 2.20 bits per heavy atom. The maximum Gasteiger partial charge on any atom is 0.313 e. The fraction of sp³-hybridized carbons (Fsp3) is 0.733. The molecule has 0 radical (unpaired) electrons. The number of aryl methyl sites for hydroxylation is 1. The summed E-state index contributed by atoms with van der Waals surface area (Å²) in [5, 5.41) is 9.67. The second-order valence-electron chi connectivity index (χ2n) is 5.51. The van der Waals surface area contributed by atoms with Gasteiger partial charge in [-0.1, -0.05) is 50.8 Å². The highest BCUT2D eigenvalue weighted by atomic mass is 32.2. The summed E-state index contributed by atoms with van der Waals surface area (Å²) in [5.41, 5.74) is 1.22. The minimum absolute atomic E-state index is 0.0869. The molecule has 1 saturated carbocycles. The zero-order valence-electron chi connectivity index (χ0n) is 12.2. The van der Waals surface area contributed by atoms with Gasteiger partial charge in [-0.2, -0.15) is 0 Å². The lowest BCUT2D eigenvalue weighted by Crippen LogP contribution is -2.12. The van der Waals surface area contributed by atoms with Crippen molar-refractivity contribution in [3.8, 4) is 0 Å².